The molecule has 0 saturated carbocycles. The van der Waals surface area contributed by atoms with Gasteiger partial charge in [-0.3, -0.25) is 9.79 Å². The van der Waals surface area contributed by atoms with Gasteiger partial charge in [0, 0.05) is 23.5 Å². The molecule has 0 aliphatic carbocycles. The van der Waals surface area contributed by atoms with Gasteiger partial charge in [0.15, 0.2) is 11.0 Å². The van der Waals surface area contributed by atoms with Crippen molar-refractivity contribution < 1.29 is 9.53 Å². The third-order valence-electron chi connectivity index (χ3n) is 4.21. The van der Waals surface area contributed by atoms with Crippen molar-refractivity contribution in [3.05, 3.63) is 59.7 Å². The highest BCUT2D eigenvalue weighted by atomic mass is 32.2. The van der Waals surface area contributed by atoms with Crippen LogP contribution in [0.3, 0.4) is 0 Å². The summed E-state index contributed by atoms with van der Waals surface area (Å²) in [6.45, 7) is 5.73. The molecule has 0 atom stereocenters. The molecule has 0 fully saturated rings. The van der Waals surface area contributed by atoms with E-state index in [0.29, 0.717) is 12.2 Å². The summed E-state index contributed by atoms with van der Waals surface area (Å²) in [6.07, 6.45) is 1.09. The topological polar surface area (TPSA) is 41.9 Å². The monoisotopic (exact) mass is 368 g/mol. The van der Waals surface area contributed by atoms with Gasteiger partial charge in [-0.1, -0.05) is 30.0 Å². The van der Waals surface area contributed by atoms with Crippen LogP contribution in [0.1, 0.15) is 29.3 Å². The number of carbonyl (C=O) groups is 1. The number of hydrogen-bond donors (Lipinski definition) is 0. The average Bonchev–Trinajstić information content (AvgIpc) is 2.68. The average molecular weight is 369 g/mol. The molecule has 3 rings (SSSR count). The maximum absolute atomic E-state index is 12.9. The first-order valence-electron chi connectivity index (χ1n) is 8.95. The first-order valence-corrected chi connectivity index (χ1v) is 9.94. The lowest BCUT2D eigenvalue weighted by molar-refractivity contribution is 0.100. The molecule has 0 radical (unpaired) electrons. The summed E-state index contributed by atoms with van der Waals surface area (Å²) in [7, 11) is 0. The molecule has 0 spiro atoms. The molecule has 0 amide bonds. The molecular weight excluding hydrogens is 344 g/mol. The maximum Gasteiger partial charge on any atom is 0.182 e. The number of aryl methyl sites for hydroxylation is 1. The molecule has 0 unspecified atom stereocenters. The fourth-order valence-electron chi connectivity index (χ4n) is 2.87. The van der Waals surface area contributed by atoms with Gasteiger partial charge in [-0.15, -0.1) is 0 Å². The van der Waals surface area contributed by atoms with E-state index in [0.717, 1.165) is 40.9 Å². The number of ether oxygens (including phenoxy) is 1. The van der Waals surface area contributed by atoms with Crippen molar-refractivity contribution >= 4 is 28.4 Å². The van der Waals surface area contributed by atoms with Crippen molar-refractivity contribution in [3.63, 3.8) is 0 Å². The van der Waals surface area contributed by atoms with E-state index in [1.165, 1.54) is 0 Å². The number of amidine groups is 1. The first kappa shape index (κ1) is 18.5. The second-order valence-corrected chi connectivity index (χ2v) is 7.18. The molecule has 2 aromatic rings. The van der Waals surface area contributed by atoms with Crippen LogP contribution < -0.4 is 9.64 Å². The van der Waals surface area contributed by atoms with E-state index in [-0.39, 0.29) is 12.3 Å². The number of para-hydroxylation sites is 1. The van der Waals surface area contributed by atoms with Crippen LogP contribution in [0, 0.1) is 6.92 Å². The summed E-state index contributed by atoms with van der Waals surface area (Å²) in [5.41, 5.74) is 2.87. The molecule has 1 aliphatic heterocycles. The summed E-state index contributed by atoms with van der Waals surface area (Å²) >= 11 is 1.72. The number of hydrogen-bond acceptors (Lipinski definition) is 5. The van der Waals surface area contributed by atoms with Crippen LogP contribution in [0.25, 0.3) is 0 Å². The Labute approximate surface area is 159 Å². The Bertz CT molecular complexity index is 787. The molecule has 0 saturated heterocycles. The number of ketones is 1. The Morgan fingerprint density at radius 1 is 1.19 bits per heavy atom. The summed E-state index contributed by atoms with van der Waals surface area (Å²) < 4.78 is 5.46. The maximum atomic E-state index is 12.9. The SMILES string of the molecule is CCOc1ccc(C(=O)CN(C2=NCCCS2)c2ccccc2C)cc1. The highest BCUT2D eigenvalue weighted by Gasteiger charge is 2.21. The molecule has 26 heavy (non-hydrogen) atoms. The van der Waals surface area contributed by atoms with Crippen LogP contribution in [0.4, 0.5) is 5.69 Å². The lowest BCUT2D eigenvalue weighted by Gasteiger charge is -2.28. The lowest BCUT2D eigenvalue weighted by Crippen LogP contribution is -2.36. The Balaban J connectivity index is 1.84. The van der Waals surface area contributed by atoms with E-state index >= 15 is 0 Å². The number of carbonyl (C=O) groups excluding carboxylic acids is 1. The van der Waals surface area contributed by atoms with Gasteiger partial charge in [0.1, 0.15) is 5.75 Å². The zero-order valence-corrected chi connectivity index (χ0v) is 16.1. The number of benzene rings is 2. The number of aliphatic imine (C=N–C) groups is 1. The van der Waals surface area contributed by atoms with Crippen LogP contribution in [0.2, 0.25) is 0 Å². The Morgan fingerprint density at radius 3 is 2.62 bits per heavy atom. The smallest absolute Gasteiger partial charge is 0.182 e. The second-order valence-electron chi connectivity index (χ2n) is 6.12. The van der Waals surface area contributed by atoms with E-state index in [9.17, 15) is 4.79 Å². The van der Waals surface area contributed by atoms with Gasteiger partial charge in [0.2, 0.25) is 0 Å². The van der Waals surface area contributed by atoms with E-state index in [1.54, 1.807) is 11.8 Å². The molecule has 2 aromatic carbocycles. The zero-order chi connectivity index (χ0) is 18.4. The van der Waals surface area contributed by atoms with Gasteiger partial charge in [0.25, 0.3) is 0 Å². The molecule has 0 bridgehead atoms. The molecule has 5 heteroatoms. The minimum Gasteiger partial charge on any atom is -0.494 e. The van der Waals surface area contributed by atoms with Gasteiger partial charge in [-0.25, -0.2) is 0 Å². The highest BCUT2D eigenvalue weighted by Crippen LogP contribution is 2.26. The zero-order valence-electron chi connectivity index (χ0n) is 15.3. The Morgan fingerprint density at radius 2 is 1.96 bits per heavy atom. The summed E-state index contributed by atoms with van der Waals surface area (Å²) in [6, 6.07) is 15.5. The van der Waals surface area contributed by atoms with Crippen LogP contribution in [-0.2, 0) is 0 Å². The lowest BCUT2D eigenvalue weighted by atomic mass is 10.1. The predicted octanol–water partition coefficient (Wildman–Crippen LogP) is 4.58. The Hall–Kier alpha value is -2.27. The third-order valence-corrected chi connectivity index (χ3v) is 5.31. The van der Waals surface area contributed by atoms with Crippen LogP contribution in [-0.4, -0.2) is 36.4 Å². The normalized spacial score (nSPS) is 13.8. The number of nitrogens with zero attached hydrogens (tertiary/aromatic N) is 2. The van der Waals surface area contributed by atoms with Gasteiger partial charge in [-0.05, 0) is 56.2 Å². The van der Waals surface area contributed by atoms with Crippen molar-refractivity contribution in [1.82, 2.24) is 0 Å². The van der Waals surface area contributed by atoms with Crippen LogP contribution >= 0.6 is 11.8 Å². The second kappa shape index (κ2) is 8.90. The van der Waals surface area contributed by atoms with Crippen LogP contribution in [0.5, 0.6) is 5.75 Å². The molecule has 1 heterocycles. The van der Waals surface area contributed by atoms with Crippen LogP contribution in [0.15, 0.2) is 53.5 Å². The number of anilines is 1. The number of thioether (sulfide) groups is 1. The van der Waals surface area contributed by atoms with Gasteiger partial charge >= 0.3 is 0 Å². The van der Waals surface area contributed by atoms with Gasteiger partial charge in [0.05, 0.1) is 13.2 Å². The molecule has 136 valence electrons. The molecule has 1 aliphatic rings. The third kappa shape index (κ3) is 4.47. The predicted molar refractivity (Wildman–Crippen MR) is 110 cm³/mol. The van der Waals surface area contributed by atoms with E-state index < -0.39 is 0 Å². The first-order chi connectivity index (χ1) is 12.7. The van der Waals surface area contributed by atoms with Crippen molar-refractivity contribution in [1.29, 1.82) is 0 Å². The van der Waals surface area contributed by atoms with Crippen molar-refractivity contribution in [2.45, 2.75) is 20.3 Å². The molecule has 0 aromatic heterocycles. The molecular formula is C21H24N2O2S. The van der Waals surface area contributed by atoms with E-state index in [1.807, 2.05) is 43.3 Å². The Kier molecular flexibility index (Phi) is 6.34. The van der Waals surface area contributed by atoms with Gasteiger partial charge in [-0.2, -0.15) is 0 Å². The summed E-state index contributed by atoms with van der Waals surface area (Å²) in [4.78, 5) is 19.6. The summed E-state index contributed by atoms with van der Waals surface area (Å²) in [5.74, 6) is 1.90. The van der Waals surface area contributed by atoms with E-state index in [2.05, 4.69) is 28.9 Å². The van der Waals surface area contributed by atoms with E-state index in [4.69, 9.17) is 4.74 Å². The van der Waals surface area contributed by atoms with Gasteiger partial charge < -0.3 is 9.64 Å². The minimum absolute atomic E-state index is 0.0742. The largest absolute Gasteiger partial charge is 0.494 e. The quantitative estimate of drug-likeness (QED) is 0.700. The molecule has 0 N–H and O–H groups in total. The summed E-state index contributed by atoms with van der Waals surface area (Å²) in [5, 5.41) is 0.935. The van der Waals surface area contributed by atoms with Crippen molar-refractivity contribution in [2.75, 3.05) is 30.3 Å². The standard InChI is InChI=1S/C21H24N2O2S/c1-3-25-18-11-9-17(10-12-18)20(24)15-23(21-22-13-6-14-26-21)19-8-5-4-7-16(19)2/h4-5,7-12H,3,6,13-15H2,1-2H3. The highest BCUT2D eigenvalue weighted by molar-refractivity contribution is 8.14. The number of rotatable bonds is 6. The fraction of sp³-hybridized carbons (Fsp3) is 0.333. The van der Waals surface area contributed by atoms with Crippen molar-refractivity contribution in [2.24, 2.45) is 4.99 Å². The molecule has 4 nitrogen and oxygen atoms in total. The number of Topliss-reactive ketones (excluding diaryl/α,β-unsaturated/α-hetero) is 1. The fourth-order valence-corrected chi connectivity index (χ4v) is 3.83. The minimum atomic E-state index is 0.0742. The van der Waals surface area contributed by atoms with Crippen molar-refractivity contribution in [3.8, 4) is 5.75 Å².